The van der Waals surface area contributed by atoms with E-state index < -0.39 is 36.4 Å². The molecule has 1 aromatic carbocycles. The van der Waals surface area contributed by atoms with Gasteiger partial charge in [0.15, 0.2) is 6.04 Å². The number of nitrogens with zero attached hydrogens (tertiary/aromatic N) is 1. The zero-order valence-electron chi connectivity index (χ0n) is 11.5. The number of carbonyl (C=O) groups is 3. The van der Waals surface area contributed by atoms with Crippen LogP contribution in [-0.2, 0) is 20.8 Å². The Morgan fingerprint density at radius 3 is 2.55 bits per heavy atom. The van der Waals surface area contributed by atoms with Crippen LogP contribution in [0.2, 0.25) is 0 Å². The number of carbonyl (C=O) groups excluding carboxylic acids is 2. The molecule has 2 atom stereocenters. The summed E-state index contributed by atoms with van der Waals surface area (Å²) in [6.45, 7) is -0.857. The summed E-state index contributed by atoms with van der Waals surface area (Å²) < 4.78 is 0. The van der Waals surface area contributed by atoms with Crippen molar-refractivity contribution in [1.29, 1.82) is 0 Å². The first-order valence-corrected chi connectivity index (χ1v) is 6.55. The fraction of sp³-hybridized carbons (Fsp3) is 0.357. The number of phenolic OH excluding ortho intramolecular Hbond substituents is 2. The van der Waals surface area contributed by atoms with Gasteiger partial charge in [-0.15, -0.1) is 0 Å². The topological polar surface area (TPSA) is 135 Å². The highest BCUT2D eigenvalue weighted by Gasteiger charge is 2.44. The number of imide groups is 1. The highest BCUT2D eigenvalue weighted by atomic mass is 16.4. The number of likely N-dealkylation sites (tertiary alicyclic amines) is 1. The molecule has 1 aromatic rings. The highest BCUT2D eigenvalue weighted by molar-refractivity contribution is 6.06. The van der Waals surface area contributed by atoms with Crippen molar-refractivity contribution in [3.05, 3.63) is 23.8 Å². The van der Waals surface area contributed by atoms with E-state index in [2.05, 4.69) is 0 Å². The fourth-order valence-corrected chi connectivity index (χ4v) is 2.46. The first-order chi connectivity index (χ1) is 10.3. The SMILES string of the molecule is O=C(O)C(CO)N1C(=O)CC(Cc2ccc(O)cc2O)C1=O. The average Bonchev–Trinajstić information content (AvgIpc) is 2.70. The lowest BCUT2D eigenvalue weighted by Gasteiger charge is -2.21. The number of phenols is 2. The number of rotatable bonds is 5. The molecule has 4 N–H and O–H groups in total. The maximum Gasteiger partial charge on any atom is 0.329 e. The average molecular weight is 309 g/mol. The van der Waals surface area contributed by atoms with E-state index in [4.69, 9.17) is 10.2 Å². The molecule has 2 amide bonds. The van der Waals surface area contributed by atoms with E-state index in [0.717, 1.165) is 6.07 Å². The molecular weight excluding hydrogens is 294 g/mol. The van der Waals surface area contributed by atoms with E-state index in [1.807, 2.05) is 0 Å². The van der Waals surface area contributed by atoms with Crippen molar-refractivity contribution in [2.24, 2.45) is 5.92 Å². The Morgan fingerprint density at radius 2 is 2.00 bits per heavy atom. The minimum Gasteiger partial charge on any atom is -0.508 e. The molecule has 0 saturated carbocycles. The number of aliphatic hydroxyl groups is 1. The highest BCUT2D eigenvalue weighted by Crippen LogP contribution is 2.30. The molecule has 8 nitrogen and oxygen atoms in total. The van der Waals surface area contributed by atoms with Crippen molar-refractivity contribution in [3.8, 4) is 11.5 Å². The van der Waals surface area contributed by atoms with Gasteiger partial charge in [0.1, 0.15) is 11.5 Å². The summed E-state index contributed by atoms with van der Waals surface area (Å²) in [5, 5.41) is 36.9. The molecule has 0 aromatic heterocycles. The van der Waals surface area contributed by atoms with Gasteiger partial charge in [-0.05, 0) is 18.1 Å². The molecule has 0 spiro atoms. The molecule has 2 unspecified atom stereocenters. The summed E-state index contributed by atoms with van der Waals surface area (Å²) in [6.07, 6.45) is -0.159. The summed E-state index contributed by atoms with van der Waals surface area (Å²) in [4.78, 5) is 35.6. The van der Waals surface area contributed by atoms with Crippen LogP contribution in [-0.4, -0.2) is 55.8 Å². The van der Waals surface area contributed by atoms with E-state index >= 15 is 0 Å². The summed E-state index contributed by atoms with van der Waals surface area (Å²) in [7, 11) is 0. The largest absolute Gasteiger partial charge is 0.508 e. The smallest absolute Gasteiger partial charge is 0.329 e. The third kappa shape index (κ3) is 2.86. The van der Waals surface area contributed by atoms with Crippen LogP contribution in [0.5, 0.6) is 11.5 Å². The van der Waals surface area contributed by atoms with Gasteiger partial charge in [-0.25, -0.2) is 4.79 Å². The summed E-state index contributed by atoms with van der Waals surface area (Å²) in [5.74, 6) is -3.99. The van der Waals surface area contributed by atoms with Crippen molar-refractivity contribution >= 4 is 17.8 Å². The maximum atomic E-state index is 12.2. The number of aliphatic hydroxyl groups excluding tert-OH is 1. The second-order valence-corrected chi connectivity index (χ2v) is 5.06. The van der Waals surface area contributed by atoms with Gasteiger partial charge >= 0.3 is 5.97 Å². The molecule has 1 aliphatic heterocycles. The predicted molar refractivity (Wildman–Crippen MR) is 71.9 cm³/mol. The minimum atomic E-state index is -1.60. The zero-order chi connectivity index (χ0) is 16.4. The van der Waals surface area contributed by atoms with Crippen LogP contribution in [0.3, 0.4) is 0 Å². The second-order valence-electron chi connectivity index (χ2n) is 5.06. The van der Waals surface area contributed by atoms with Gasteiger partial charge in [0.25, 0.3) is 0 Å². The summed E-state index contributed by atoms with van der Waals surface area (Å²) >= 11 is 0. The monoisotopic (exact) mass is 309 g/mol. The van der Waals surface area contributed by atoms with Crippen molar-refractivity contribution in [1.82, 2.24) is 4.90 Å². The van der Waals surface area contributed by atoms with Gasteiger partial charge in [0, 0.05) is 12.5 Å². The van der Waals surface area contributed by atoms with E-state index in [1.165, 1.54) is 12.1 Å². The van der Waals surface area contributed by atoms with Gasteiger partial charge in [-0.1, -0.05) is 6.07 Å². The number of aromatic hydroxyl groups is 2. The quantitative estimate of drug-likeness (QED) is 0.536. The van der Waals surface area contributed by atoms with Crippen molar-refractivity contribution in [3.63, 3.8) is 0 Å². The number of hydrogen-bond acceptors (Lipinski definition) is 6. The Labute approximate surface area is 125 Å². The minimum absolute atomic E-state index is 0.0327. The van der Waals surface area contributed by atoms with Crippen molar-refractivity contribution in [2.45, 2.75) is 18.9 Å². The molecule has 2 rings (SSSR count). The molecule has 0 bridgehead atoms. The zero-order valence-corrected chi connectivity index (χ0v) is 11.5. The van der Waals surface area contributed by atoms with Gasteiger partial charge < -0.3 is 20.4 Å². The van der Waals surface area contributed by atoms with Crippen LogP contribution in [0, 0.1) is 5.92 Å². The standard InChI is InChI=1S/C14H15NO7/c16-6-10(14(21)22)15-12(19)4-8(13(15)20)3-7-1-2-9(17)5-11(7)18/h1-2,5,8,10,16-18H,3-4,6H2,(H,21,22). The number of amides is 2. The van der Waals surface area contributed by atoms with E-state index in [1.54, 1.807) is 0 Å². The first-order valence-electron chi connectivity index (χ1n) is 6.55. The third-order valence-electron chi connectivity index (χ3n) is 3.58. The third-order valence-corrected chi connectivity index (χ3v) is 3.58. The van der Waals surface area contributed by atoms with Crippen LogP contribution in [0.25, 0.3) is 0 Å². The molecule has 0 radical (unpaired) electrons. The normalized spacial score (nSPS) is 19.5. The summed E-state index contributed by atoms with van der Waals surface area (Å²) in [5.41, 5.74) is 0.363. The number of benzene rings is 1. The fourth-order valence-electron chi connectivity index (χ4n) is 2.46. The Hall–Kier alpha value is -2.61. The Balaban J connectivity index is 2.19. The Kier molecular flexibility index (Phi) is 4.32. The number of hydrogen-bond donors (Lipinski definition) is 4. The lowest BCUT2D eigenvalue weighted by molar-refractivity contribution is -0.156. The number of carboxylic acids is 1. The van der Waals surface area contributed by atoms with E-state index in [-0.39, 0.29) is 24.3 Å². The molecule has 1 saturated heterocycles. The molecule has 22 heavy (non-hydrogen) atoms. The Morgan fingerprint density at radius 1 is 1.32 bits per heavy atom. The van der Waals surface area contributed by atoms with Crippen LogP contribution in [0.15, 0.2) is 18.2 Å². The van der Waals surface area contributed by atoms with Crippen LogP contribution >= 0.6 is 0 Å². The number of aliphatic carboxylic acids is 1. The number of carboxylic acid groups (broad SMARTS) is 1. The van der Waals surface area contributed by atoms with Gasteiger partial charge in [-0.2, -0.15) is 0 Å². The van der Waals surface area contributed by atoms with Crippen molar-refractivity contribution in [2.75, 3.05) is 6.61 Å². The summed E-state index contributed by atoms with van der Waals surface area (Å²) in [6, 6.07) is 2.27. The molecule has 118 valence electrons. The maximum absolute atomic E-state index is 12.2. The first kappa shape index (κ1) is 15.8. The molecule has 1 fully saturated rings. The van der Waals surface area contributed by atoms with Crippen LogP contribution < -0.4 is 0 Å². The molecule has 0 aliphatic carbocycles. The van der Waals surface area contributed by atoms with E-state index in [9.17, 15) is 24.6 Å². The molecular formula is C14H15NO7. The lowest BCUT2D eigenvalue weighted by Crippen LogP contribution is -2.47. The van der Waals surface area contributed by atoms with Gasteiger partial charge in [0.05, 0.1) is 12.5 Å². The van der Waals surface area contributed by atoms with Crippen LogP contribution in [0.4, 0.5) is 0 Å². The molecule has 1 aliphatic rings. The van der Waals surface area contributed by atoms with Gasteiger partial charge in [0.2, 0.25) is 11.8 Å². The molecule has 1 heterocycles. The van der Waals surface area contributed by atoms with Crippen molar-refractivity contribution < 1.29 is 34.8 Å². The van der Waals surface area contributed by atoms with E-state index in [0.29, 0.717) is 10.5 Å². The van der Waals surface area contributed by atoms with Crippen LogP contribution in [0.1, 0.15) is 12.0 Å². The second kappa shape index (κ2) is 6.02. The predicted octanol–water partition coefficient (Wildman–Crippen LogP) is -0.539. The van der Waals surface area contributed by atoms with Gasteiger partial charge in [-0.3, -0.25) is 14.5 Å². The Bertz CT molecular complexity index is 628. The lowest BCUT2D eigenvalue weighted by atomic mass is 9.97. The molecule has 8 heteroatoms.